The maximum atomic E-state index is 10.7. The van der Waals surface area contributed by atoms with Crippen LogP contribution >= 0.6 is 0 Å². The van der Waals surface area contributed by atoms with Gasteiger partial charge in [0.25, 0.3) is 0 Å². The molecule has 0 aromatic heterocycles. The van der Waals surface area contributed by atoms with Crippen molar-refractivity contribution in [1.82, 2.24) is 10.2 Å². The molecule has 6 heteroatoms. The number of fused-ring (bicyclic) bond motifs is 1. The highest BCUT2D eigenvalue weighted by Crippen LogP contribution is 2.40. The van der Waals surface area contributed by atoms with Crippen molar-refractivity contribution >= 4 is 5.70 Å². The minimum absolute atomic E-state index is 0.196. The number of unbranched alkanes of at least 4 members (excludes halogenated alkanes) is 6. The Bertz CT molecular complexity index is 934. The molecule has 0 spiro atoms. The molecule has 3 unspecified atom stereocenters. The topological polar surface area (TPSA) is 74.2 Å². The summed E-state index contributed by atoms with van der Waals surface area (Å²) in [6.07, 6.45) is 13.2. The van der Waals surface area contributed by atoms with Gasteiger partial charge in [-0.15, -0.1) is 0 Å². The molecule has 3 N–H and O–H groups in total. The Kier molecular flexibility index (Phi) is 9.70. The average molecular weight is 485 g/mol. The molecular formula is C29H44N2O4. The van der Waals surface area contributed by atoms with Gasteiger partial charge < -0.3 is 29.9 Å². The average Bonchev–Trinajstić information content (AvgIpc) is 2.82. The van der Waals surface area contributed by atoms with Crippen molar-refractivity contribution in [2.75, 3.05) is 14.2 Å². The third-order valence-corrected chi connectivity index (χ3v) is 6.87. The largest absolute Gasteiger partial charge is 0.499 e. The van der Waals surface area contributed by atoms with Crippen molar-refractivity contribution in [2.45, 2.75) is 90.6 Å². The van der Waals surface area contributed by atoms with Crippen molar-refractivity contribution in [3.05, 3.63) is 59.1 Å². The van der Waals surface area contributed by atoms with E-state index in [0.717, 1.165) is 47.7 Å². The summed E-state index contributed by atoms with van der Waals surface area (Å²) in [6, 6.07) is 7.75. The quantitative estimate of drug-likeness (QED) is 0.239. The lowest BCUT2D eigenvalue weighted by Crippen LogP contribution is -2.36. The lowest BCUT2D eigenvalue weighted by atomic mass is 9.93. The van der Waals surface area contributed by atoms with E-state index in [2.05, 4.69) is 30.1 Å². The lowest BCUT2D eigenvalue weighted by molar-refractivity contribution is -0.0801. The van der Waals surface area contributed by atoms with Gasteiger partial charge in [-0.1, -0.05) is 64.5 Å². The third kappa shape index (κ3) is 7.28. The molecule has 6 nitrogen and oxygen atoms in total. The Hall–Kier alpha value is -2.44. The van der Waals surface area contributed by atoms with Crippen LogP contribution in [-0.4, -0.2) is 41.3 Å². The second-order valence-electron chi connectivity index (χ2n) is 10.0. The van der Waals surface area contributed by atoms with Gasteiger partial charge in [0.05, 0.1) is 18.5 Å². The monoisotopic (exact) mass is 484 g/mol. The smallest absolute Gasteiger partial charge is 0.227 e. The van der Waals surface area contributed by atoms with Crippen LogP contribution in [0.1, 0.15) is 84.1 Å². The van der Waals surface area contributed by atoms with Crippen LogP contribution in [0.4, 0.5) is 0 Å². The maximum Gasteiger partial charge on any atom is 0.227 e. The first-order valence-electron chi connectivity index (χ1n) is 13.2. The van der Waals surface area contributed by atoms with E-state index in [1.807, 2.05) is 31.3 Å². The number of methoxy groups -OCH3 is 1. The lowest BCUT2D eigenvalue weighted by Gasteiger charge is -2.37. The van der Waals surface area contributed by atoms with Gasteiger partial charge in [0.2, 0.25) is 5.79 Å². The number of nitrogens with zero attached hydrogens (tertiary/aromatic N) is 1. The van der Waals surface area contributed by atoms with Crippen LogP contribution in [0, 0.1) is 5.92 Å². The van der Waals surface area contributed by atoms with Crippen LogP contribution < -0.4 is 10.1 Å². The number of benzene rings is 1. The molecule has 0 amide bonds. The van der Waals surface area contributed by atoms with E-state index in [-0.39, 0.29) is 5.92 Å². The number of para-hydroxylation sites is 1. The molecule has 3 rings (SSSR count). The van der Waals surface area contributed by atoms with Crippen LogP contribution in [-0.2, 0) is 4.74 Å². The summed E-state index contributed by atoms with van der Waals surface area (Å²) in [6.45, 7) is 6.04. The first kappa shape index (κ1) is 27.2. The van der Waals surface area contributed by atoms with Gasteiger partial charge >= 0.3 is 0 Å². The summed E-state index contributed by atoms with van der Waals surface area (Å²) in [7, 11) is 3.69. The van der Waals surface area contributed by atoms with Crippen LogP contribution in [0.25, 0.3) is 5.70 Å². The van der Waals surface area contributed by atoms with Crippen LogP contribution in [0.5, 0.6) is 5.75 Å². The molecule has 0 bridgehead atoms. The summed E-state index contributed by atoms with van der Waals surface area (Å²) < 4.78 is 11.4. The van der Waals surface area contributed by atoms with E-state index in [0.29, 0.717) is 12.2 Å². The van der Waals surface area contributed by atoms with Crippen molar-refractivity contribution in [1.29, 1.82) is 0 Å². The van der Waals surface area contributed by atoms with Crippen molar-refractivity contribution in [3.8, 4) is 5.75 Å². The molecule has 1 aromatic rings. The molecule has 0 radical (unpaired) electrons. The van der Waals surface area contributed by atoms with E-state index in [1.54, 1.807) is 20.1 Å². The number of aliphatic hydroxyl groups is 2. The highest BCUT2D eigenvalue weighted by Gasteiger charge is 2.33. The van der Waals surface area contributed by atoms with Crippen LogP contribution in [0.3, 0.4) is 0 Å². The maximum absolute atomic E-state index is 10.7. The summed E-state index contributed by atoms with van der Waals surface area (Å²) in [4.78, 5) is 2.11. The zero-order valence-electron chi connectivity index (χ0n) is 22.1. The van der Waals surface area contributed by atoms with Crippen molar-refractivity contribution in [3.63, 3.8) is 0 Å². The summed E-state index contributed by atoms with van der Waals surface area (Å²) >= 11 is 0. The number of hydrogen-bond acceptors (Lipinski definition) is 6. The fourth-order valence-corrected chi connectivity index (χ4v) is 4.92. The summed E-state index contributed by atoms with van der Waals surface area (Å²) in [5.74, 6) is 0.309. The molecule has 1 heterocycles. The third-order valence-electron chi connectivity index (χ3n) is 6.87. The fraction of sp³-hybridized carbons (Fsp3) is 0.586. The van der Waals surface area contributed by atoms with E-state index in [9.17, 15) is 10.2 Å². The number of hydrogen-bond donors (Lipinski definition) is 3. The van der Waals surface area contributed by atoms with Gasteiger partial charge in [-0.3, -0.25) is 0 Å². The molecule has 0 saturated heterocycles. The summed E-state index contributed by atoms with van der Waals surface area (Å²) in [5, 5.41) is 24.7. The van der Waals surface area contributed by atoms with E-state index < -0.39 is 12.0 Å². The Balaban J connectivity index is 1.71. The second kappa shape index (κ2) is 12.5. The molecule has 1 aliphatic heterocycles. The van der Waals surface area contributed by atoms with E-state index in [4.69, 9.17) is 9.47 Å². The van der Waals surface area contributed by atoms with Crippen molar-refractivity contribution < 1.29 is 19.7 Å². The van der Waals surface area contributed by atoms with Gasteiger partial charge in [-0.05, 0) is 31.1 Å². The Labute approximate surface area is 211 Å². The second-order valence-corrected chi connectivity index (χ2v) is 10.0. The molecule has 1 aromatic carbocycles. The molecule has 194 valence electrons. The minimum Gasteiger partial charge on any atom is -0.499 e. The van der Waals surface area contributed by atoms with E-state index in [1.165, 1.54) is 32.1 Å². The van der Waals surface area contributed by atoms with Gasteiger partial charge in [-0.2, -0.15) is 0 Å². The van der Waals surface area contributed by atoms with Crippen LogP contribution in [0.2, 0.25) is 0 Å². The molecule has 3 atom stereocenters. The van der Waals surface area contributed by atoms with Crippen LogP contribution in [0.15, 0.2) is 53.6 Å². The molecule has 1 aliphatic carbocycles. The van der Waals surface area contributed by atoms with Gasteiger partial charge in [0, 0.05) is 43.6 Å². The van der Waals surface area contributed by atoms with E-state index >= 15 is 0 Å². The van der Waals surface area contributed by atoms with Gasteiger partial charge in [-0.25, -0.2) is 0 Å². The number of aliphatic hydroxyl groups excluding tert-OH is 1. The Morgan fingerprint density at radius 3 is 2.57 bits per heavy atom. The van der Waals surface area contributed by atoms with Crippen molar-refractivity contribution in [2.24, 2.45) is 5.92 Å². The number of ether oxygens (including phenoxy) is 2. The molecular weight excluding hydrogens is 440 g/mol. The normalized spacial score (nSPS) is 22.5. The SMILES string of the molecule is CCCCCCCCCC(O)NC1=C(OC)CC(C)C(N(C)C2=CC(C)(O)Oc3ccccc32)=C1. The predicted octanol–water partition coefficient (Wildman–Crippen LogP) is 5.89. The standard InChI is InChI=1S/C29H44N2O4/c1-6-7-8-9-10-11-12-17-28(32)30-23-19-24(21(2)18-27(23)34-5)31(4)25-20-29(3,33)35-26-16-14-13-15-22(25)26/h13-16,19-21,28,30,32-33H,6-12,17-18H2,1-5H3. The highest BCUT2D eigenvalue weighted by atomic mass is 16.6. The fourth-order valence-electron chi connectivity index (χ4n) is 4.92. The predicted molar refractivity (Wildman–Crippen MR) is 141 cm³/mol. The number of allylic oxidation sites excluding steroid dienone is 3. The number of nitrogens with one attached hydrogen (secondary N) is 1. The minimum atomic E-state index is -1.39. The molecule has 0 fully saturated rings. The highest BCUT2D eigenvalue weighted by molar-refractivity contribution is 5.73. The van der Waals surface area contributed by atoms with Gasteiger partial charge in [0.1, 0.15) is 17.7 Å². The summed E-state index contributed by atoms with van der Waals surface area (Å²) in [5.41, 5.74) is 3.72. The first-order valence-corrected chi connectivity index (χ1v) is 13.2. The molecule has 35 heavy (non-hydrogen) atoms. The Morgan fingerprint density at radius 2 is 1.86 bits per heavy atom. The van der Waals surface area contributed by atoms with Gasteiger partial charge in [0.15, 0.2) is 0 Å². The Morgan fingerprint density at radius 1 is 1.17 bits per heavy atom. The molecule has 0 saturated carbocycles. The number of rotatable bonds is 13. The zero-order valence-corrected chi connectivity index (χ0v) is 22.1. The zero-order chi connectivity index (χ0) is 25.4. The molecule has 2 aliphatic rings. The first-order chi connectivity index (χ1) is 16.8.